The van der Waals surface area contributed by atoms with Crippen molar-refractivity contribution < 1.29 is 24.3 Å². The van der Waals surface area contributed by atoms with Crippen molar-refractivity contribution in [2.75, 3.05) is 6.54 Å². The highest BCUT2D eigenvalue weighted by Crippen LogP contribution is 2.31. The van der Waals surface area contributed by atoms with E-state index in [2.05, 4.69) is 12.2 Å². The molecule has 11 heteroatoms. The van der Waals surface area contributed by atoms with Gasteiger partial charge < -0.3 is 15.3 Å². The van der Waals surface area contributed by atoms with E-state index in [1.165, 1.54) is 16.4 Å². The first-order valence-corrected chi connectivity index (χ1v) is 15.6. The van der Waals surface area contributed by atoms with Gasteiger partial charge in [0.05, 0.1) is 30.1 Å². The zero-order chi connectivity index (χ0) is 30.5. The van der Waals surface area contributed by atoms with Crippen molar-refractivity contribution in [1.82, 2.24) is 20.2 Å². The van der Waals surface area contributed by atoms with E-state index in [4.69, 9.17) is 16.8 Å². The van der Waals surface area contributed by atoms with Crippen LogP contribution in [0.25, 0.3) is 0 Å². The first-order valence-electron chi connectivity index (χ1n) is 15.6. The third kappa shape index (κ3) is 8.64. The highest BCUT2D eigenvalue weighted by atomic mass is 16.4. The fourth-order valence-corrected chi connectivity index (χ4v) is 7.06. The lowest BCUT2D eigenvalue weighted by molar-refractivity contribution is -0.141. The van der Waals surface area contributed by atoms with E-state index >= 15 is 0 Å². The number of carbonyl (C=O) groups is 4. The molecule has 0 aromatic rings. The summed E-state index contributed by atoms with van der Waals surface area (Å²) in [6.07, 6.45) is 9.33. The van der Waals surface area contributed by atoms with Gasteiger partial charge in [-0.25, -0.2) is 16.5 Å². The number of hydrogen-bond donors (Lipinski definition) is 4. The third-order valence-corrected chi connectivity index (χ3v) is 9.66. The fourth-order valence-electron chi connectivity index (χ4n) is 7.06. The molecule has 1 saturated heterocycles. The molecule has 0 spiro atoms. The minimum Gasteiger partial charge on any atom is -0.481 e. The number of Topliss-reactive ketones (excluding diaryl/α,β-unsaturated/α-hetero) is 1. The van der Waals surface area contributed by atoms with Gasteiger partial charge in [-0.3, -0.25) is 24.4 Å². The number of aliphatic carboxylic acids is 1. The molecule has 41 heavy (non-hydrogen) atoms. The number of carboxylic acids is 1. The second-order valence-electron chi connectivity index (χ2n) is 14.0. The molecule has 0 radical (unpaired) electrons. The SMILES string of the molecule is CC1CCCCC1N(N)C(=O)N(N)C1CCC(NC(C)(C)C(=O)[C@@H]2CCCN2C(=O)CCC(C)(C)CC(=O)O)CC1. The molecule has 3 aliphatic rings. The van der Waals surface area contributed by atoms with Crippen LogP contribution in [-0.4, -0.2) is 80.0 Å². The molecule has 3 amide bonds. The monoisotopic (exact) mass is 578 g/mol. The maximum absolute atomic E-state index is 13.7. The third-order valence-electron chi connectivity index (χ3n) is 9.66. The van der Waals surface area contributed by atoms with E-state index in [1.807, 2.05) is 27.7 Å². The molecule has 11 nitrogen and oxygen atoms in total. The van der Waals surface area contributed by atoms with Crippen LogP contribution in [0.15, 0.2) is 0 Å². The van der Waals surface area contributed by atoms with Gasteiger partial charge >= 0.3 is 12.0 Å². The van der Waals surface area contributed by atoms with Crippen LogP contribution >= 0.6 is 0 Å². The Morgan fingerprint density at radius 3 is 2.15 bits per heavy atom. The van der Waals surface area contributed by atoms with E-state index in [1.54, 1.807) is 4.90 Å². The molecule has 0 aromatic carbocycles. The van der Waals surface area contributed by atoms with Gasteiger partial charge in [-0.15, -0.1) is 0 Å². The molecule has 6 N–H and O–H groups in total. The van der Waals surface area contributed by atoms with E-state index in [0.29, 0.717) is 25.3 Å². The Balaban J connectivity index is 1.50. The number of urea groups is 1. The minimum absolute atomic E-state index is 0.00210. The standard InChI is InChI=1S/C30H54N6O5/c1-20-9-6-7-10-23(20)36(32)28(41)35(31)22-14-12-21(13-15-22)33-30(4,5)27(40)24-11-8-18-34(24)25(37)16-17-29(2,3)19-26(38)39/h20-24,33H,6-19,31-32H2,1-5H3,(H,38,39)/t20?,21?,22?,23?,24-/m0/s1. The van der Waals surface area contributed by atoms with E-state index in [9.17, 15) is 19.2 Å². The van der Waals surface area contributed by atoms with Crippen LogP contribution in [0.3, 0.4) is 0 Å². The summed E-state index contributed by atoms with van der Waals surface area (Å²) in [6.45, 7) is 10.2. The molecule has 0 bridgehead atoms. The Labute approximate surface area is 245 Å². The van der Waals surface area contributed by atoms with E-state index < -0.39 is 23.0 Å². The summed E-state index contributed by atoms with van der Waals surface area (Å²) in [4.78, 5) is 52.7. The molecule has 3 rings (SSSR count). The van der Waals surface area contributed by atoms with Gasteiger partial charge in [0.1, 0.15) is 0 Å². The number of hydrogen-bond acceptors (Lipinski definition) is 7. The molecule has 2 saturated carbocycles. The second-order valence-corrected chi connectivity index (χ2v) is 14.0. The van der Waals surface area contributed by atoms with Crippen molar-refractivity contribution in [1.29, 1.82) is 0 Å². The zero-order valence-electron chi connectivity index (χ0n) is 25.9. The van der Waals surface area contributed by atoms with Crippen molar-refractivity contribution in [2.45, 2.75) is 148 Å². The Hall–Kier alpha value is -2.24. The van der Waals surface area contributed by atoms with Crippen LogP contribution in [0.1, 0.15) is 118 Å². The molecule has 1 heterocycles. The topological polar surface area (TPSA) is 162 Å². The summed E-state index contributed by atoms with van der Waals surface area (Å²) >= 11 is 0. The van der Waals surface area contributed by atoms with Gasteiger partial charge in [0, 0.05) is 19.0 Å². The number of carboxylic acid groups (broad SMARTS) is 1. The average molecular weight is 579 g/mol. The first kappa shape index (κ1) is 33.3. The summed E-state index contributed by atoms with van der Waals surface area (Å²) in [7, 11) is 0. The number of nitrogens with two attached hydrogens (primary N) is 2. The van der Waals surface area contributed by atoms with Crippen LogP contribution in [0, 0.1) is 11.3 Å². The Morgan fingerprint density at radius 2 is 1.54 bits per heavy atom. The number of amides is 3. The number of rotatable bonds is 11. The molecule has 2 aliphatic carbocycles. The quantitative estimate of drug-likeness (QED) is 0.164. The van der Waals surface area contributed by atoms with E-state index in [-0.39, 0.29) is 48.7 Å². The average Bonchev–Trinajstić information content (AvgIpc) is 3.40. The van der Waals surface area contributed by atoms with Crippen LogP contribution < -0.4 is 17.0 Å². The maximum atomic E-state index is 13.7. The summed E-state index contributed by atoms with van der Waals surface area (Å²) in [5.41, 5.74) is -1.31. The van der Waals surface area contributed by atoms with Crippen molar-refractivity contribution in [3.05, 3.63) is 0 Å². The number of ketones is 1. The van der Waals surface area contributed by atoms with Crippen LogP contribution in [0.4, 0.5) is 4.79 Å². The Kier molecular flexibility index (Phi) is 11.2. The minimum atomic E-state index is -0.875. The highest BCUT2D eigenvalue weighted by Gasteiger charge is 2.43. The first-order chi connectivity index (χ1) is 19.1. The summed E-state index contributed by atoms with van der Waals surface area (Å²) < 4.78 is 0. The fraction of sp³-hybridized carbons (Fsp3) is 0.867. The predicted octanol–water partition coefficient (Wildman–Crippen LogP) is 3.56. The zero-order valence-corrected chi connectivity index (χ0v) is 25.9. The lowest BCUT2D eigenvalue weighted by Crippen LogP contribution is -2.61. The van der Waals surface area contributed by atoms with Gasteiger partial charge in [-0.05, 0) is 83.0 Å². The van der Waals surface area contributed by atoms with Crippen LogP contribution in [0.5, 0.6) is 0 Å². The second kappa shape index (κ2) is 13.8. The highest BCUT2D eigenvalue weighted by molar-refractivity contribution is 5.95. The lowest BCUT2D eigenvalue weighted by Gasteiger charge is -2.41. The molecule has 2 unspecified atom stereocenters. The molecule has 234 valence electrons. The van der Waals surface area contributed by atoms with Gasteiger partial charge in [-0.1, -0.05) is 33.6 Å². The van der Waals surface area contributed by atoms with Crippen molar-refractivity contribution in [3.8, 4) is 0 Å². The van der Waals surface area contributed by atoms with Gasteiger partial charge in [0.2, 0.25) is 5.91 Å². The Morgan fingerprint density at radius 1 is 0.902 bits per heavy atom. The summed E-state index contributed by atoms with van der Waals surface area (Å²) in [5, 5.41) is 15.3. The smallest absolute Gasteiger partial charge is 0.348 e. The molecule has 1 aliphatic heterocycles. The van der Waals surface area contributed by atoms with Crippen LogP contribution in [-0.2, 0) is 14.4 Å². The van der Waals surface area contributed by atoms with Gasteiger partial charge in [-0.2, -0.15) is 0 Å². The maximum Gasteiger partial charge on any atom is 0.348 e. The summed E-state index contributed by atoms with van der Waals surface area (Å²) in [6, 6.07) is -0.779. The largest absolute Gasteiger partial charge is 0.481 e. The van der Waals surface area contributed by atoms with Crippen molar-refractivity contribution >= 4 is 23.7 Å². The Bertz CT molecular complexity index is 948. The molecular weight excluding hydrogens is 524 g/mol. The molecule has 0 aromatic heterocycles. The van der Waals surface area contributed by atoms with Gasteiger partial charge in [0.15, 0.2) is 5.78 Å². The number of likely N-dealkylation sites (tertiary alicyclic amines) is 1. The molecular formula is C30H54N6O5. The van der Waals surface area contributed by atoms with Crippen molar-refractivity contribution in [3.63, 3.8) is 0 Å². The van der Waals surface area contributed by atoms with Crippen LogP contribution in [0.2, 0.25) is 0 Å². The van der Waals surface area contributed by atoms with Crippen molar-refractivity contribution in [2.24, 2.45) is 23.0 Å². The number of nitrogens with one attached hydrogen (secondary N) is 1. The number of hydrazine groups is 2. The predicted molar refractivity (Wildman–Crippen MR) is 157 cm³/mol. The normalized spacial score (nSPS) is 27.4. The lowest BCUT2D eigenvalue weighted by atomic mass is 9.84. The molecule has 3 fully saturated rings. The number of carbonyl (C=O) groups excluding carboxylic acids is 3. The number of nitrogens with zero attached hydrogens (tertiary/aromatic N) is 3. The van der Waals surface area contributed by atoms with E-state index in [0.717, 1.165) is 51.4 Å². The summed E-state index contributed by atoms with van der Waals surface area (Å²) in [5.74, 6) is 11.9. The molecule has 3 atom stereocenters. The van der Waals surface area contributed by atoms with Gasteiger partial charge in [0.25, 0.3) is 0 Å².